The number of phenols is 1. The lowest BCUT2D eigenvalue weighted by atomic mass is 10.0. The molecule has 4 heteroatoms. The van der Waals surface area contributed by atoms with Gasteiger partial charge >= 0.3 is 0 Å². The van der Waals surface area contributed by atoms with Crippen molar-refractivity contribution in [2.24, 2.45) is 0 Å². The van der Waals surface area contributed by atoms with E-state index in [0.717, 1.165) is 24.4 Å². The maximum absolute atomic E-state index is 10.2. The van der Waals surface area contributed by atoms with Crippen LogP contribution in [0.4, 0.5) is 5.69 Å². The van der Waals surface area contributed by atoms with Crippen LogP contribution in [0.2, 0.25) is 5.02 Å². The Morgan fingerprint density at radius 2 is 2.00 bits per heavy atom. The van der Waals surface area contributed by atoms with Gasteiger partial charge in [-0.25, -0.2) is 0 Å². The summed E-state index contributed by atoms with van der Waals surface area (Å²) in [5.41, 5.74) is 2.49. The number of methoxy groups -OCH3 is 1. The third-order valence-corrected chi connectivity index (χ3v) is 3.78. The van der Waals surface area contributed by atoms with Crippen molar-refractivity contribution in [3.8, 4) is 5.75 Å². The van der Waals surface area contributed by atoms with Gasteiger partial charge in [0.2, 0.25) is 0 Å². The Morgan fingerprint density at radius 3 is 2.63 bits per heavy atom. The fourth-order valence-corrected chi connectivity index (χ4v) is 2.77. The highest BCUT2D eigenvalue weighted by atomic mass is 35.5. The summed E-state index contributed by atoms with van der Waals surface area (Å²) in [5, 5.41) is 10.8. The fraction of sp³-hybridized carbons (Fsp3) is 0.467. The minimum Gasteiger partial charge on any atom is -0.507 e. The standard InChI is InChI=1S/C15H20ClNO2/c1-11(10-19-2)12-8-13(16)14(9-15(12)18)17-6-4-3-5-7-17/h8-10,18H,3-7H2,1-2H3. The van der Waals surface area contributed by atoms with E-state index in [1.54, 1.807) is 19.4 Å². The Kier molecular flexibility index (Phi) is 4.59. The molecular formula is C15H20ClNO2. The first kappa shape index (κ1) is 14.1. The number of benzene rings is 1. The molecule has 1 fully saturated rings. The lowest BCUT2D eigenvalue weighted by Crippen LogP contribution is -2.29. The number of hydrogen-bond acceptors (Lipinski definition) is 3. The lowest BCUT2D eigenvalue weighted by Gasteiger charge is -2.30. The van der Waals surface area contributed by atoms with Crippen LogP contribution in [-0.4, -0.2) is 25.3 Å². The van der Waals surface area contributed by atoms with Crippen LogP contribution >= 0.6 is 11.6 Å². The van der Waals surface area contributed by atoms with E-state index >= 15 is 0 Å². The second-order valence-corrected chi connectivity index (χ2v) is 5.31. The molecule has 1 saturated heterocycles. The molecule has 0 bridgehead atoms. The summed E-state index contributed by atoms with van der Waals surface area (Å²) in [4.78, 5) is 2.24. The monoisotopic (exact) mass is 281 g/mol. The molecule has 1 aliphatic rings. The number of phenolic OH excluding ortho intramolecular Hbond substituents is 1. The van der Waals surface area contributed by atoms with E-state index in [9.17, 15) is 5.11 Å². The summed E-state index contributed by atoms with van der Waals surface area (Å²) in [6.07, 6.45) is 5.24. The van der Waals surface area contributed by atoms with E-state index in [0.29, 0.717) is 10.6 Å². The first-order valence-electron chi connectivity index (χ1n) is 6.61. The van der Waals surface area contributed by atoms with Gasteiger partial charge in [0.1, 0.15) is 5.75 Å². The second kappa shape index (κ2) is 6.20. The molecular weight excluding hydrogens is 262 g/mol. The van der Waals surface area contributed by atoms with E-state index in [1.807, 2.05) is 13.0 Å². The number of halogens is 1. The van der Waals surface area contributed by atoms with Crippen molar-refractivity contribution in [1.29, 1.82) is 0 Å². The maximum Gasteiger partial charge on any atom is 0.125 e. The van der Waals surface area contributed by atoms with Crippen molar-refractivity contribution in [1.82, 2.24) is 0 Å². The zero-order chi connectivity index (χ0) is 13.8. The molecule has 0 unspecified atom stereocenters. The number of allylic oxidation sites excluding steroid dienone is 1. The summed E-state index contributed by atoms with van der Waals surface area (Å²) in [6, 6.07) is 3.57. The van der Waals surface area contributed by atoms with E-state index in [-0.39, 0.29) is 5.75 Å². The van der Waals surface area contributed by atoms with Gasteiger partial charge < -0.3 is 14.7 Å². The normalized spacial score (nSPS) is 16.6. The van der Waals surface area contributed by atoms with Gasteiger partial charge in [0.05, 0.1) is 24.1 Å². The largest absolute Gasteiger partial charge is 0.507 e. The molecule has 1 aromatic carbocycles. The molecule has 19 heavy (non-hydrogen) atoms. The predicted molar refractivity (Wildman–Crippen MR) is 79.8 cm³/mol. The van der Waals surface area contributed by atoms with Crippen LogP contribution in [0.25, 0.3) is 5.57 Å². The van der Waals surface area contributed by atoms with E-state index in [1.165, 1.54) is 19.3 Å². The van der Waals surface area contributed by atoms with Gasteiger partial charge in [-0.05, 0) is 37.8 Å². The van der Waals surface area contributed by atoms with Gasteiger partial charge in [-0.1, -0.05) is 11.6 Å². The smallest absolute Gasteiger partial charge is 0.125 e. The highest BCUT2D eigenvalue weighted by Crippen LogP contribution is 2.37. The summed E-state index contributed by atoms with van der Waals surface area (Å²) in [6.45, 7) is 3.90. The Morgan fingerprint density at radius 1 is 1.32 bits per heavy atom. The van der Waals surface area contributed by atoms with E-state index in [2.05, 4.69) is 4.90 Å². The van der Waals surface area contributed by atoms with Crippen LogP contribution < -0.4 is 4.90 Å². The van der Waals surface area contributed by atoms with Crippen molar-refractivity contribution in [3.05, 3.63) is 29.0 Å². The van der Waals surface area contributed by atoms with E-state index < -0.39 is 0 Å². The number of hydrogen-bond donors (Lipinski definition) is 1. The van der Waals surface area contributed by atoms with Gasteiger partial charge in [0, 0.05) is 24.7 Å². The molecule has 0 aromatic heterocycles. The van der Waals surface area contributed by atoms with Crippen molar-refractivity contribution >= 4 is 22.9 Å². The molecule has 0 aliphatic carbocycles. The third kappa shape index (κ3) is 3.16. The second-order valence-electron chi connectivity index (χ2n) is 4.91. The first-order chi connectivity index (χ1) is 9.13. The Bertz CT molecular complexity index is 479. The zero-order valence-corrected chi connectivity index (χ0v) is 12.2. The zero-order valence-electron chi connectivity index (χ0n) is 11.4. The van der Waals surface area contributed by atoms with Crippen LogP contribution in [0.1, 0.15) is 31.7 Å². The van der Waals surface area contributed by atoms with Crippen LogP contribution in [0.15, 0.2) is 18.4 Å². The molecule has 1 heterocycles. The predicted octanol–water partition coefficient (Wildman–Crippen LogP) is 4.04. The molecule has 0 amide bonds. The number of anilines is 1. The molecule has 3 nitrogen and oxygen atoms in total. The maximum atomic E-state index is 10.2. The lowest BCUT2D eigenvalue weighted by molar-refractivity contribution is 0.339. The Labute approximate surface area is 119 Å². The minimum atomic E-state index is 0.246. The summed E-state index contributed by atoms with van der Waals surface area (Å²) in [5.74, 6) is 0.246. The first-order valence-corrected chi connectivity index (χ1v) is 6.98. The molecule has 0 spiro atoms. The molecule has 2 rings (SSSR count). The van der Waals surface area contributed by atoms with Crippen LogP contribution in [0, 0.1) is 0 Å². The van der Waals surface area contributed by atoms with Crippen LogP contribution in [-0.2, 0) is 4.74 Å². The highest BCUT2D eigenvalue weighted by molar-refractivity contribution is 6.33. The number of piperidine rings is 1. The van der Waals surface area contributed by atoms with Gasteiger partial charge in [0.25, 0.3) is 0 Å². The Hall–Kier alpha value is -1.35. The molecule has 0 saturated carbocycles. The number of ether oxygens (including phenoxy) is 1. The summed E-state index contributed by atoms with van der Waals surface area (Å²) >= 11 is 6.36. The third-order valence-electron chi connectivity index (χ3n) is 3.48. The van der Waals surface area contributed by atoms with Gasteiger partial charge in [0.15, 0.2) is 0 Å². The topological polar surface area (TPSA) is 32.7 Å². The average molecular weight is 282 g/mol. The molecule has 0 radical (unpaired) electrons. The van der Waals surface area contributed by atoms with Gasteiger partial charge in [-0.2, -0.15) is 0 Å². The van der Waals surface area contributed by atoms with Crippen molar-refractivity contribution in [2.45, 2.75) is 26.2 Å². The Balaban J connectivity index is 2.33. The van der Waals surface area contributed by atoms with E-state index in [4.69, 9.17) is 16.3 Å². The molecule has 104 valence electrons. The molecule has 0 atom stereocenters. The number of rotatable bonds is 3. The summed E-state index contributed by atoms with van der Waals surface area (Å²) in [7, 11) is 1.59. The van der Waals surface area contributed by atoms with Crippen molar-refractivity contribution in [3.63, 3.8) is 0 Å². The van der Waals surface area contributed by atoms with Gasteiger partial charge in [-0.3, -0.25) is 0 Å². The quantitative estimate of drug-likeness (QED) is 0.849. The van der Waals surface area contributed by atoms with Gasteiger partial charge in [-0.15, -0.1) is 0 Å². The summed E-state index contributed by atoms with van der Waals surface area (Å²) < 4.78 is 4.97. The molecule has 1 aromatic rings. The van der Waals surface area contributed by atoms with Crippen LogP contribution in [0.3, 0.4) is 0 Å². The average Bonchev–Trinajstić information content (AvgIpc) is 2.42. The van der Waals surface area contributed by atoms with Crippen molar-refractivity contribution < 1.29 is 9.84 Å². The van der Waals surface area contributed by atoms with Crippen LogP contribution in [0.5, 0.6) is 5.75 Å². The molecule has 1 N–H and O–H groups in total. The molecule has 1 aliphatic heterocycles. The fourth-order valence-electron chi connectivity index (χ4n) is 2.48. The highest BCUT2D eigenvalue weighted by Gasteiger charge is 2.17. The SMILES string of the molecule is COC=C(C)c1cc(Cl)c(N2CCCCC2)cc1O. The number of aromatic hydroxyl groups is 1. The van der Waals surface area contributed by atoms with Crippen molar-refractivity contribution in [2.75, 3.05) is 25.1 Å². The minimum absolute atomic E-state index is 0.246. The number of nitrogens with zero attached hydrogens (tertiary/aromatic N) is 1.